The molecule has 0 radical (unpaired) electrons. The zero-order valence-corrected chi connectivity index (χ0v) is 10.4. The van der Waals surface area contributed by atoms with Gasteiger partial charge >= 0.3 is 0 Å². The summed E-state index contributed by atoms with van der Waals surface area (Å²) in [6.07, 6.45) is 5.87. The Balaban J connectivity index is 1.93. The molecule has 0 atom stereocenters. The fraction of sp³-hybridized carbons (Fsp3) is 0.357. The average Bonchev–Trinajstić information content (AvgIpc) is 2.99. The lowest BCUT2D eigenvalue weighted by Crippen LogP contribution is -2.17. The van der Waals surface area contributed by atoms with Crippen LogP contribution in [0.3, 0.4) is 0 Å². The predicted octanol–water partition coefficient (Wildman–Crippen LogP) is 2.92. The summed E-state index contributed by atoms with van der Waals surface area (Å²) in [5.74, 6) is -0.197. The van der Waals surface area contributed by atoms with E-state index in [1.54, 1.807) is 17.0 Å². The van der Waals surface area contributed by atoms with Crippen LogP contribution < -0.4 is 4.90 Å². The lowest BCUT2D eigenvalue weighted by Gasteiger charge is -2.18. The van der Waals surface area contributed by atoms with Crippen molar-refractivity contribution in [3.63, 3.8) is 0 Å². The average molecular weight is 245 g/mol. The Morgan fingerprint density at radius 3 is 2.61 bits per heavy atom. The Morgan fingerprint density at radius 2 is 2.00 bits per heavy atom. The van der Waals surface area contributed by atoms with E-state index in [2.05, 4.69) is 9.88 Å². The summed E-state index contributed by atoms with van der Waals surface area (Å²) in [4.78, 5) is 6.35. The van der Waals surface area contributed by atoms with Crippen LogP contribution in [0.5, 0.6) is 0 Å². The molecule has 3 rings (SSSR count). The molecule has 0 amide bonds. The maximum Gasteiger partial charge on any atom is 0.149 e. The van der Waals surface area contributed by atoms with Crippen LogP contribution in [-0.2, 0) is 0 Å². The van der Waals surface area contributed by atoms with Crippen molar-refractivity contribution in [1.29, 1.82) is 0 Å². The smallest absolute Gasteiger partial charge is 0.149 e. The molecular weight excluding hydrogens is 229 g/mol. The van der Waals surface area contributed by atoms with Gasteiger partial charge in [0.05, 0.1) is 17.7 Å². The highest BCUT2D eigenvalue weighted by Crippen LogP contribution is 2.24. The number of aromatic nitrogens is 2. The number of hydrogen-bond donors (Lipinski definition) is 0. The molecule has 0 aliphatic carbocycles. The first kappa shape index (κ1) is 11.3. The summed E-state index contributed by atoms with van der Waals surface area (Å²) < 4.78 is 15.8. The van der Waals surface area contributed by atoms with Crippen molar-refractivity contribution in [3.8, 4) is 5.69 Å². The molecule has 18 heavy (non-hydrogen) atoms. The van der Waals surface area contributed by atoms with Crippen molar-refractivity contribution in [2.75, 3.05) is 18.0 Å². The topological polar surface area (TPSA) is 21.1 Å². The number of rotatable bonds is 2. The SMILES string of the molecule is Cc1cn(-c2ccc(N3CCCC3)cc2F)cn1. The predicted molar refractivity (Wildman–Crippen MR) is 69.7 cm³/mol. The van der Waals surface area contributed by atoms with Crippen LogP contribution in [0.25, 0.3) is 5.69 Å². The van der Waals surface area contributed by atoms with Gasteiger partial charge in [0.2, 0.25) is 0 Å². The number of hydrogen-bond acceptors (Lipinski definition) is 2. The Labute approximate surface area is 106 Å². The van der Waals surface area contributed by atoms with Gasteiger partial charge in [0.25, 0.3) is 0 Å². The molecule has 4 heteroatoms. The summed E-state index contributed by atoms with van der Waals surface area (Å²) in [6.45, 7) is 3.96. The maximum absolute atomic E-state index is 14.1. The highest BCUT2D eigenvalue weighted by atomic mass is 19.1. The highest BCUT2D eigenvalue weighted by molar-refractivity contribution is 5.52. The van der Waals surface area contributed by atoms with Crippen LogP contribution in [0.15, 0.2) is 30.7 Å². The first-order valence-corrected chi connectivity index (χ1v) is 6.29. The van der Waals surface area contributed by atoms with Gasteiger partial charge < -0.3 is 9.47 Å². The van der Waals surface area contributed by atoms with E-state index in [9.17, 15) is 4.39 Å². The first-order chi connectivity index (χ1) is 8.74. The Hall–Kier alpha value is -1.84. The third kappa shape index (κ3) is 1.98. The molecule has 3 nitrogen and oxygen atoms in total. The lowest BCUT2D eigenvalue weighted by atomic mass is 10.2. The van der Waals surface area contributed by atoms with Gasteiger partial charge in [0, 0.05) is 25.0 Å². The molecule has 0 saturated carbocycles. The van der Waals surface area contributed by atoms with E-state index in [1.165, 1.54) is 12.8 Å². The number of nitrogens with zero attached hydrogens (tertiary/aromatic N) is 3. The Morgan fingerprint density at radius 1 is 1.22 bits per heavy atom. The van der Waals surface area contributed by atoms with Crippen molar-refractivity contribution >= 4 is 5.69 Å². The summed E-state index contributed by atoms with van der Waals surface area (Å²) in [5.41, 5.74) is 2.42. The quantitative estimate of drug-likeness (QED) is 0.811. The minimum absolute atomic E-state index is 0.197. The largest absolute Gasteiger partial charge is 0.371 e. The molecule has 0 unspecified atom stereocenters. The number of aryl methyl sites for hydroxylation is 1. The number of anilines is 1. The summed E-state index contributed by atoms with van der Waals surface area (Å²) in [7, 11) is 0. The van der Waals surface area contributed by atoms with Gasteiger partial charge in [-0.1, -0.05) is 0 Å². The van der Waals surface area contributed by atoms with Crippen LogP contribution in [0.4, 0.5) is 10.1 Å². The number of benzene rings is 1. The van der Waals surface area contributed by atoms with Crippen LogP contribution in [0, 0.1) is 12.7 Å². The molecule has 2 heterocycles. The molecule has 0 N–H and O–H groups in total. The monoisotopic (exact) mass is 245 g/mol. The summed E-state index contributed by atoms with van der Waals surface area (Å²) in [5, 5.41) is 0. The van der Waals surface area contributed by atoms with Crippen molar-refractivity contribution in [3.05, 3.63) is 42.2 Å². The third-order valence-corrected chi connectivity index (χ3v) is 3.39. The van der Waals surface area contributed by atoms with Gasteiger partial charge in [-0.2, -0.15) is 0 Å². The van der Waals surface area contributed by atoms with Crippen molar-refractivity contribution in [2.45, 2.75) is 19.8 Å². The van der Waals surface area contributed by atoms with Gasteiger partial charge in [-0.05, 0) is 38.0 Å². The van der Waals surface area contributed by atoms with E-state index >= 15 is 0 Å². The minimum Gasteiger partial charge on any atom is -0.371 e. The van der Waals surface area contributed by atoms with Crippen molar-refractivity contribution < 1.29 is 4.39 Å². The molecule has 1 aromatic carbocycles. The minimum atomic E-state index is -0.197. The third-order valence-electron chi connectivity index (χ3n) is 3.39. The Bertz CT molecular complexity index is 556. The van der Waals surface area contributed by atoms with E-state index in [1.807, 2.05) is 25.3 Å². The van der Waals surface area contributed by atoms with Gasteiger partial charge in [0.1, 0.15) is 5.82 Å². The van der Waals surface area contributed by atoms with E-state index < -0.39 is 0 Å². The molecule has 1 aliphatic rings. The number of halogens is 1. The highest BCUT2D eigenvalue weighted by Gasteiger charge is 2.14. The van der Waals surface area contributed by atoms with E-state index in [-0.39, 0.29) is 5.82 Å². The van der Waals surface area contributed by atoms with E-state index in [0.717, 1.165) is 24.5 Å². The van der Waals surface area contributed by atoms with Crippen LogP contribution >= 0.6 is 0 Å². The fourth-order valence-corrected chi connectivity index (χ4v) is 2.43. The van der Waals surface area contributed by atoms with Gasteiger partial charge in [-0.25, -0.2) is 9.37 Å². The molecule has 1 fully saturated rings. The Kier molecular flexibility index (Phi) is 2.78. The standard InChI is InChI=1S/C14H16FN3/c1-11-9-18(10-16-11)14-5-4-12(8-13(14)15)17-6-2-3-7-17/h4-5,8-10H,2-3,6-7H2,1H3. The second-order valence-corrected chi connectivity index (χ2v) is 4.75. The molecule has 1 saturated heterocycles. The molecule has 2 aromatic rings. The van der Waals surface area contributed by atoms with Gasteiger partial charge in [-0.3, -0.25) is 0 Å². The van der Waals surface area contributed by atoms with Gasteiger partial charge in [-0.15, -0.1) is 0 Å². The fourth-order valence-electron chi connectivity index (χ4n) is 2.43. The maximum atomic E-state index is 14.1. The van der Waals surface area contributed by atoms with Crippen molar-refractivity contribution in [1.82, 2.24) is 9.55 Å². The van der Waals surface area contributed by atoms with Gasteiger partial charge in [0.15, 0.2) is 0 Å². The number of imidazole rings is 1. The van der Waals surface area contributed by atoms with Crippen LogP contribution in [0.1, 0.15) is 18.5 Å². The van der Waals surface area contributed by atoms with Crippen LogP contribution in [-0.4, -0.2) is 22.6 Å². The van der Waals surface area contributed by atoms with Crippen LogP contribution in [0.2, 0.25) is 0 Å². The normalized spacial score (nSPS) is 15.3. The zero-order valence-electron chi connectivity index (χ0n) is 10.4. The molecule has 0 bridgehead atoms. The lowest BCUT2D eigenvalue weighted by molar-refractivity contribution is 0.617. The second-order valence-electron chi connectivity index (χ2n) is 4.75. The summed E-state index contributed by atoms with van der Waals surface area (Å²) >= 11 is 0. The second kappa shape index (κ2) is 4.44. The summed E-state index contributed by atoms with van der Waals surface area (Å²) in [6, 6.07) is 5.43. The first-order valence-electron chi connectivity index (χ1n) is 6.29. The molecule has 0 spiro atoms. The van der Waals surface area contributed by atoms with Crippen molar-refractivity contribution in [2.24, 2.45) is 0 Å². The molecule has 94 valence electrons. The molecule has 1 aromatic heterocycles. The zero-order chi connectivity index (χ0) is 12.5. The van der Waals surface area contributed by atoms with E-state index in [0.29, 0.717) is 5.69 Å². The molecular formula is C14H16FN3. The molecule has 1 aliphatic heterocycles. The van der Waals surface area contributed by atoms with E-state index in [4.69, 9.17) is 0 Å².